The van der Waals surface area contributed by atoms with E-state index >= 15 is 0 Å². The van der Waals surface area contributed by atoms with Gasteiger partial charge in [-0.2, -0.15) is 0 Å². The smallest absolute Gasteiger partial charge is 0.166 e. The van der Waals surface area contributed by atoms with E-state index in [0.29, 0.717) is 29.2 Å². The topological polar surface area (TPSA) is 50.4 Å². The molecule has 5 rings (SSSR count). The first kappa shape index (κ1) is 18.9. The van der Waals surface area contributed by atoms with Crippen molar-refractivity contribution < 1.29 is 14.3 Å². The van der Waals surface area contributed by atoms with Crippen LogP contribution in [0, 0.1) is 34.0 Å². The number of aliphatic hydroxyl groups is 1. The van der Waals surface area contributed by atoms with Gasteiger partial charge in [-0.3, -0.25) is 4.79 Å². The van der Waals surface area contributed by atoms with Crippen LogP contribution in [0.4, 0.5) is 0 Å². The van der Waals surface area contributed by atoms with Crippen LogP contribution in [-0.2, 0) is 5.41 Å². The van der Waals surface area contributed by atoms with Gasteiger partial charge >= 0.3 is 0 Å². The normalized spacial score (nSPS) is 49.6. The zero-order chi connectivity index (χ0) is 20.1. The molecule has 3 nitrogen and oxygen atoms in total. The van der Waals surface area contributed by atoms with E-state index in [1.807, 2.05) is 6.07 Å². The van der Waals surface area contributed by atoms with Gasteiger partial charge in [0.25, 0.3) is 0 Å². The van der Waals surface area contributed by atoms with Gasteiger partial charge in [-0.25, -0.2) is 0 Å². The summed E-state index contributed by atoms with van der Waals surface area (Å²) < 4.78 is 5.88. The van der Waals surface area contributed by atoms with Crippen molar-refractivity contribution >= 4 is 5.78 Å². The monoisotopic (exact) mass is 384 g/mol. The van der Waals surface area contributed by atoms with Gasteiger partial charge in [0.15, 0.2) is 5.78 Å². The third-order valence-electron chi connectivity index (χ3n) is 10.4. The molecule has 3 fully saturated rings. The Balaban J connectivity index is 1.64. The van der Waals surface area contributed by atoms with E-state index in [0.717, 1.165) is 18.6 Å². The van der Waals surface area contributed by atoms with Gasteiger partial charge in [0.05, 0.1) is 23.3 Å². The van der Waals surface area contributed by atoms with E-state index in [2.05, 4.69) is 34.6 Å². The van der Waals surface area contributed by atoms with Crippen LogP contribution in [0.5, 0.6) is 0 Å². The molecule has 0 aromatic carbocycles. The molecule has 0 amide bonds. The highest BCUT2D eigenvalue weighted by atomic mass is 16.3. The average Bonchev–Trinajstić information content (AvgIpc) is 3.10. The lowest BCUT2D eigenvalue weighted by atomic mass is 9.35. The van der Waals surface area contributed by atoms with Gasteiger partial charge in [0, 0.05) is 6.42 Å². The van der Waals surface area contributed by atoms with Gasteiger partial charge in [0.2, 0.25) is 0 Å². The number of aliphatic hydroxyl groups excluding tert-OH is 1. The number of Topliss-reactive ketones (excluding diaryl/α,β-unsaturated/α-hetero) is 1. The third kappa shape index (κ3) is 2.07. The number of ketones is 1. The zero-order valence-electron chi connectivity index (χ0n) is 18.2. The van der Waals surface area contributed by atoms with Crippen molar-refractivity contribution in [3.05, 3.63) is 23.7 Å². The number of hydrogen-bond acceptors (Lipinski definition) is 3. The molecule has 0 spiro atoms. The maximum absolute atomic E-state index is 13.0. The molecule has 4 aliphatic rings. The van der Waals surface area contributed by atoms with Crippen LogP contribution in [0.25, 0.3) is 0 Å². The minimum atomic E-state index is -0.453. The zero-order valence-corrected chi connectivity index (χ0v) is 18.2. The van der Waals surface area contributed by atoms with Gasteiger partial charge in [-0.05, 0) is 79.1 Å². The number of carbonyl (C=O) groups is 1. The summed E-state index contributed by atoms with van der Waals surface area (Å²) in [6, 6.07) is 1.81. The summed E-state index contributed by atoms with van der Waals surface area (Å²) in [5, 5.41) is 11.5. The van der Waals surface area contributed by atoms with E-state index in [1.165, 1.54) is 25.7 Å². The lowest BCUT2D eigenvalue weighted by Crippen LogP contribution is -2.66. The van der Waals surface area contributed by atoms with Gasteiger partial charge in [0.1, 0.15) is 5.76 Å². The first-order valence-electron chi connectivity index (χ1n) is 11.3. The Bertz CT molecular complexity index is 822. The second kappa shape index (κ2) is 5.53. The molecule has 7 atom stereocenters. The van der Waals surface area contributed by atoms with Crippen molar-refractivity contribution in [2.45, 2.75) is 91.1 Å². The number of rotatable bonds is 0. The van der Waals surface area contributed by atoms with Crippen LogP contribution in [0.3, 0.4) is 0 Å². The Morgan fingerprint density at radius 1 is 1.00 bits per heavy atom. The van der Waals surface area contributed by atoms with Gasteiger partial charge in [-0.15, -0.1) is 0 Å². The maximum Gasteiger partial charge on any atom is 0.166 e. The Hall–Kier alpha value is -1.09. The molecule has 3 unspecified atom stereocenters. The fourth-order valence-corrected chi connectivity index (χ4v) is 9.02. The van der Waals surface area contributed by atoms with Crippen molar-refractivity contribution in [3.63, 3.8) is 0 Å². The molecule has 0 saturated heterocycles. The minimum Gasteiger partial charge on any atom is -0.468 e. The minimum absolute atomic E-state index is 0.0762. The first-order chi connectivity index (χ1) is 13.0. The highest BCUT2D eigenvalue weighted by molar-refractivity contribution is 5.99. The third-order valence-corrected chi connectivity index (χ3v) is 10.4. The molecule has 4 aliphatic carbocycles. The fourth-order valence-electron chi connectivity index (χ4n) is 9.02. The predicted molar refractivity (Wildman–Crippen MR) is 109 cm³/mol. The van der Waals surface area contributed by atoms with Gasteiger partial charge < -0.3 is 9.52 Å². The molecular formula is C25H36O3. The molecule has 1 aromatic heterocycles. The van der Waals surface area contributed by atoms with Gasteiger partial charge in [-0.1, -0.05) is 34.1 Å². The second-order valence-electron chi connectivity index (χ2n) is 11.9. The highest BCUT2D eigenvalue weighted by Gasteiger charge is 2.68. The van der Waals surface area contributed by atoms with Crippen LogP contribution >= 0.6 is 0 Å². The van der Waals surface area contributed by atoms with Crippen LogP contribution in [0.15, 0.2) is 16.7 Å². The Morgan fingerprint density at radius 3 is 2.46 bits per heavy atom. The molecule has 0 radical (unpaired) electrons. The predicted octanol–water partition coefficient (Wildman–Crippen LogP) is 5.75. The summed E-state index contributed by atoms with van der Waals surface area (Å²) in [4.78, 5) is 13.0. The number of fused-ring (bicyclic) bond motifs is 7. The number of hydrogen-bond donors (Lipinski definition) is 1. The number of carbonyl (C=O) groups excluding carboxylic acids is 1. The van der Waals surface area contributed by atoms with E-state index in [1.54, 1.807) is 6.26 Å². The standard InChI is InChI=1S/C25H36O3/c1-22(2)9-6-10-23(3)17(22)7-11-24(4)18(23)14-20(27)25(5)19(24)13-16(26)15-8-12-28-21(15)25/h8,12,17-20,27H,6-7,9-11,13-14H2,1-5H3/t17?,18?,19?,20-,23-,24+,25+/m0/s1. The summed E-state index contributed by atoms with van der Waals surface area (Å²) in [5.41, 5.74) is 0.955. The molecule has 0 aliphatic heterocycles. The molecule has 154 valence electrons. The Morgan fingerprint density at radius 2 is 1.71 bits per heavy atom. The Labute approximate surface area is 169 Å². The van der Waals surface area contributed by atoms with E-state index in [9.17, 15) is 9.90 Å². The maximum atomic E-state index is 13.0. The summed E-state index contributed by atoms with van der Waals surface area (Å²) in [6.45, 7) is 12.0. The summed E-state index contributed by atoms with van der Waals surface area (Å²) in [5.74, 6) is 2.29. The van der Waals surface area contributed by atoms with E-state index in [4.69, 9.17) is 4.42 Å². The van der Waals surface area contributed by atoms with Crippen molar-refractivity contribution in [2.24, 2.45) is 34.0 Å². The van der Waals surface area contributed by atoms with Crippen LogP contribution in [0.1, 0.15) is 95.7 Å². The molecule has 3 heteroatoms. The molecule has 1 N–H and O–H groups in total. The largest absolute Gasteiger partial charge is 0.468 e. The number of furan rings is 1. The quantitative estimate of drug-likeness (QED) is 0.619. The fraction of sp³-hybridized carbons (Fsp3) is 0.800. The van der Waals surface area contributed by atoms with Crippen molar-refractivity contribution in [3.8, 4) is 0 Å². The van der Waals surface area contributed by atoms with Crippen molar-refractivity contribution in [2.75, 3.05) is 0 Å². The van der Waals surface area contributed by atoms with E-state index < -0.39 is 11.5 Å². The van der Waals surface area contributed by atoms with Crippen molar-refractivity contribution in [1.82, 2.24) is 0 Å². The lowest BCUT2D eigenvalue weighted by Gasteiger charge is -2.69. The summed E-state index contributed by atoms with van der Waals surface area (Å²) >= 11 is 0. The van der Waals surface area contributed by atoms with Crippen LogP contribution in [0.2, 0.25) is 0 Å². The average molecular weight is 385 g/mol. The SMILES string of the molecule is CC1(C)CCC[C@@]2(C)C1CC[C@]1(C)C2C[C@H](O)[C@]2(C)c3occc3C(=O)CC12. The van der Waals surface area contributed by atoms with E-state index in [-0.39, 0.29) is 22.5 Å². The molecule has 1 heterocycles. The molecule has 28 heavy (non-hydrogen) atoms. The van der Waals surface area contributed by atoms with Crippen molar-refractivity contribution in [1.29, 1.82) is 0 Å². The summed E-state index contributed by atoms with van der Waals surface area (Å²) in [6.07, 6.45) is 8.85. The molecule has 3 saturated carbocycles. The van der Waals surface area contributed by atoms with Crippen LogP contribution in [-0.4, -0.2) is 17.0 Å². The second-order valence-corrected chi connectivity index (χ2v) is 11.9. The lowest BCUT2D eigenvalue weighted by molar-refractivity contribution is -0.207. The first-order valence-corrected chi connectivity index (χ1v) is 11.3. The molecule has 1 aromatic rings. The highest BCUT2D eigenvalue weighted by Crippen LogP contribution is 2.72. The Kier molecular flexibility index (Phi) is 3.74. The summed E-state index contributed by atoms with van der Waals surface area (Å²) in [7, 11) is 0. The molecule has 0 bridgehead atoms. The molecular weight excluding hydrogens is 348 g/mol. The van der Waals surface area contributed by atoms with Crippen LogP contribution < -0.4 is 0 Å².